The summed E-state index contributed by atoms with van der Waals surface area (Å²) in [5, 5.41) is 18.4. The maximum Gasteiger partial charge on any atom is 0.573 e. The molecular weight excluding hydrogens is 370 g/mol. The fourth-order valence-electron chi connectivity index (χ4n) is 2.27. The van der Waals surface area contributed by atoms with Crippen molar-refractivity contribution in [3.8, 4) is 16.9 Å². The molecule has 0 aliphatic carbocycles. The lowest BCUT2D eigenvalue weighted by Gasteiger charge is -2.18. The highest BCUT2D eigenvalue weighted by Gasteiger charge is 2.37. The number of ether oxygens (including phenoxy) is 1. The van der Waals surface area contributed by atoms with Gasteiger partial charge in [-0.1, -0.05) is 24.3 Å². The van der Waals surface area contributed by atoms with Crippen LogP contribution < -0.4 is 4.74 Å². The normalized spacial score (nSPS) is 13.3. The fraction of sp³-hybridized carbons (Fsp3) is 0.188. The Kier molecular flexibility index (Phi) is 5.17. The van der Waals surface area contributed by atoms with Crippen LogP contribution in [0.25, 0.3) is 11.1 Å². The second-order valence-corrected chi connectivity index (χ2v) is 5.08. The molecule has 2 aromatic rings. The molecule has 0 amide bonds. The van der Waals surface area contributed by atoms with E-state index in [1.54, 1.807) is 0 Å². The zero-order valence-corrected chi connectivity index (χ0v) is 12.6. The first-order chi connectivity index (χ1) is 11.9. The summed E-state index contributed by atoms with van der Waals surface area (Å²) in [6, 6.07) is 6.67. The summed E-state index contributed by atoms with van der Waals surface area (Å²) in [4.78, 5) is 10.9. The van der Waals surface area contributed by atoms with E-state index >= 15 is 0 Å². The maximum atomic E-state index is 13.0. The van der Waals surface area contributed by atoms with Crippen molar-refractivity contribution in [1.82, 2.24) is 0 Å². The molecule has 0 radical (unpaired) electrons. The van der Waals surface area contributed by atoms with Gasteiger partial charge >= 0.3 is 18.5 Å². The Morgan fingerprint density at radius 2 is 1.62 bits per heavy atom. The number of hydrogen-bond acceptors (Lipinski definition) is 3. The third kappa shape index (κ3) is 4.45. The number of carbonyl (C=O) groups is 1. The molecule has 4 nitrogen and oxygen atoms in total. The Hall–Kier alpha value is -2.75. The van der Waals surface area contributed by atoms with Crippen LogP contribution in [0.5, 0.6) is 5.75 Å². The molecule has 2 aromatic carbocycles. The van der Waals surface area contributed by atoms with Gasteiger partial charge in [0.1, 0.15) is 5.75 Å². The first kappa shape index (κ1) is 19.6. The van der Waals surface area contributed by atoms with Crippen molar-refractivity contribution in [2.24, 2.45) is 0 Å². The first-order valence-electron chi connectivity index (χ1n) is 6.87. The lowest BCUT2D eigenvalue weighted by molar-refractivity contribution is -0.274. The number of rotatable bonds is 4. The third-order valence-corrected chi connectivity index (χ3v) is 3.31. The van der Waals surface area contributed by atoms with Gasteiger partial charge in [-0.2, -0.15) is 13.2 Å². The van der Waals surface area contributed by atoms with Crippen LogP contribution in [0.2, 0.25) is 0 Å². The van der Waals surface area contributed by atoms with Crippen molar-refractivity contribution in [2.45, 2.75) is 18.6 Å². The molecule has 2 N–H and O–H groups in total. The molecule has 0 fully saturated rings. The molecular formula is C16H10F6O4. The monoisotopic (exact) mass is 380 g/mol. The van der Waals surface area contributed by atoms with Crippen molar-refractivity contribution >= 4 is 5.97 Å². The van der Waals surface area contributed by atoms with Gasteiger partial charge in [-0.05, 0) is 23.8 Å². The van der Waals surface area contributed by atoms with Gasteiger partial charge in [0.25, 0.3) is 0 Å². The zero-order valence-electron chi connectivity index (χ0n) is 12.6. The molecule has 0 saturated carbocycles. The number of carboxylic acid groups (broad SMARTS) is 1. The average molecular weight is 380 g/mol. The van der Waals surface area contributed by atoms with E-state index < -0.39 is 41.5 Å². The Labute approximate surface area is 142 Å². The predicted molar refractivity (Wildman–Crippen MR) is 76.2 cm³/mol. The molecule has 0 spiro atoms. The Morgan fingerprint density at radius 3 is 2.15 bits per heavy atom. The Balaban J connectivity index is 2.63. The SMILES string of the molecule is O=C(O)C(O)c1cc(-c2ccccc2OC(F)(F)F)ccc1C(F)(F)F. The summed E-state index contributed by atoms with van der Waals surface area (Å²) in [6.07, 6.45) is -12.5. The van der Waals surface area contributed by atoms with Crippen LogP contribution in [0.4, 0.5) is 26.3 Å². The minimum atomic E-state index is -5.04. The van der Waals surface area contributed by atoms with E-state index in [0.29, 0.717) is 12.1 Å². The van der Waals surface area contributed by atoms with Gasteiger partial charge < -0.3 is 14.9 Å². The van der Waals surface area contributed by atoms with Crippen LogP contribution in [0.15, 0.2) is 42.5 Å². The first-order valence-corrected chi connectivity index (χ1v) is 6.87. The van der Waals surface area contributed by atoms with E-state index in [-0.39, 0.29) is 11.1 Å². The minimum absolute atomic E-state index is 0.187. The number of aliphatic hydroxyl groups excluding tert-OH is 1. The summed E-state index contributed by atoms with van der Waals surface area (Å²) in [7, 11) is 0. The summed E-state index contributed by atoms with van der Waals surface area (Å²) in [6.45, 7) is 0. The largest absolute Gasteiger partial charge is 0.573 e. The lowest BCUT2D eigenvalue weighted by atomic mass is 9.95. The van der Waals surface area contributed by atoms with Crippen LogP contribution in [0, 0.1) is 0 Å². The van der Waals surface area contributed by atoms with E-state index in [1.807, 2.05) is 0 Å². The minimum Gasteiger partial charge on any atom is -0.479 e. The maximum absolute atomic E-state index is 13.0. The van der Waals surface area contributed by atoms with Crippen molar-refractivity contribution in [3.63, 3.8) is 0 Å². The van der Waals surface area contributed by atoms with Crippen molar-refractivity contribution in [3.05, 3.63) is 53.6 Å². The molecule has 0 bridgehead atoms. The van der Waals surface area contributed by atoms with E-state index in [2.05, 4.69) is 4.74 Å². The number of alkyl halides is 6. The molecule has 0 aliphatic rings. The number of para-hydroxylation sites is 1. The van der Waals surface area contributed by atoms with Gasteiger partial charge in [-0.15, -0.1) is 13.2 Å². The molecule has 140 valence electrons. The quantitative estimate of drug-likeness (QED) is 0.773. The number of aliphatic hydroxyl groups is 1. The molecule has 0 heterocycles. The third-order valence-electron chi connectivity index (χ3n) is 3.31. The van der Waals surface area contributed by atoms with Gasteiger partial charge in [0.15, 0.2) is 6.10 Å². The van der Waals surface area contributed by atoms with Crippen LogP contribution in [-0.4, -0.2) is 22.5 Å². The number of aliphatic carboxylic acids is 1. The van der Waals surface area contributed by atoms with Crippen molar-refractivity contribution in [2.75, 3.05) is 0 Å². The highest BCUT2D eigenvalue weighted by atomic mass is 19.4. The second kappa shape index (κ2) is 6.87. The number of carboxylic acids is 1. The predicted octanol–water partition coefficient (Wildman–Crippen LogP) is 4.39. The number of hydrogen-bond donors (Lipinski definition) is 2. The highest BCUT2D eigenvalue weighted by molar-refractivity contribution is 5.77. The van der Waals surface area contributed by atoms with Gasteiger partial charge in [0, 0.05) is 11.1 Å². The summed E-state index contributed by atoms with van der Waals surface area (Å²) < 4.78 is 80.4. The van der Waals surface area contributed by atoms with Gasteiger partial charge in [-0.25, -0.2) is 4.79 Å². The van der Waals surface area contributed by atoms with Gasteiger partial charge in [0.2, 0.25) is 0 Å². The molecule has 0 aliphatic heterocycles. The van der Waals surface area contributed by atoms with Gasteiger partial charge in [-0.3, -0.25) is 0 Å². The molecule has 10 heteroatoms. The highest BCUT2D eigenvalue weighted by Crippen LogP contribution is 2.39. The fourth-order valence-corrected chi connectivity index (χ4v) is 2.27. The Bertz CT molecular complexity index is 813. The van der Waals surface area contributed by atoms with E-state index in [0.717, 1.165) is 18.2 Å². The van der Waals surface area contributed by atoms with E-state index in [4.69, 9.17) is 5.11 Å². The van der Waals surface area contributed by atoms with Gasteiger partial charge in [0.05, 0.1) is 5.56 Å². The lowest BCUT2D eigenvalue weighted by Crippen LogP contribution is -2.18. The average Bonchev–Trinajstić information content (AvgIpc) is 2.51. The van der Waals surface area contributed by atoms with E-state index in [1.165, 1.54) is 12.1 Å². The number of halogens is 6. The molecule has 1 unspecified atom stereocenters. The summed E-state index contributed by atoms with van der Waals surface area (Å²) >= 11 is 0. The molecule has 0 aromatic heterocycles. The number of benzene rings is 2. The molecule has 26 heavy (non-hydrogen) atoms. The van der Waals surface area contributed by atoms with Crippen LogP contribution in [-0.2, 0) is 11.0 Å². The van der Waals surface area contributed by atoms with Crippen LogP contribution in [0.3, 0.4) is 0 Å². The van der Waals surface area contributed by atoms with Crippen LogP contribution >= 0.6 is 0 Å². The zero-order chi connectivity index (χ0) is 19.7. The van der Waals surface area contributed by atoms with Crippen LogP contribution in [0.1, 0.15) is 17.2 Å². The molecule has 2 rings (SSSR count). The molecule has 0 saturated heterocycles. The van der Waals surface area contributed by atoms with Crippen molar-refractivity contribution < 1.29 is 46.1 Å². The molecule has 1 atom stereocenters. The smallest absolute Gasteiger partial charge is 0.479 e. The topological polar surface area (TPSA) is 66.8 Å². The summed E-state index contributed by atoms with van der Waals surface area (Å²) in [5.74, 6) is -2.62. The van der Waals surface area contributed by atoms with Crippen molar-refractivity contribution in [1.29, 1.82) is 0 Å². The summed E-state index contributed by atoms with van der Waals surface area (Å²) in [5.41, 5.74) is -2.82. The van der Waals surface area contributed by atoms with E-state index in [9.17, 15) is 36.2 Å². The second-order valence-electron chi connectivity index (χ2n) is 5.08. The standard InChI is InChI=1S/C16H10F6O4/c17-15(18,19)11-6-5-8(7-10(11)13(23)14(24)25)9-3-1-2-4-12(9)26-16(20,21)22/h1-7,13,23H,(H,24,25). The Morgan fingerprint density at radius 1 is 1.00 bits per heavy atom.